The molecule has 0 saturated carbocycles. The minimum Gasteiger partial charge on any atom is -0.359 e. The van der Waals surface area contributed by atoms with Gasteiger partial charge in [-0.3, -0.25) is 4.79 Å². The normalized spacial score (nSPS) is 9.86. The number of hydrogen-bond donors (Lipinski definition) is 1. The van der Waals surface area contributed by atoms with Crippen LogP contribution in [0.1, 0.15) is 26.2 Å². The van der Waals surface area contributed by atoms with Gasteiger partial charge in [-0.15, -0.1) is 0 Å². The van der Waals surface area contributed by atoms with Crippen LogP contribution in [-0.2, 0) is 4.79 Å². The van der Waals surface area contributed by atoms with Crippen molar-refractivity contribution < 1.29 is 4.79 Å². The summed E-state index contributed by atoms with van der Waals surface area (Å²) in [5.41, 5.74) is 0. The molecule has 0 aliphatic rings. The summed E-state index contributed by atoms with van der Waals surface area (Å²) in [5, 5.41) is 11.0. The van der Waals surface area contributed by atoms with E-state index < -0.39 is 0 Å². The number of carbonyl (C=O) groups excluding carboxylic acids is 1. The van der Waals surface area contributed by atoms with Gasteiger partial charge in [-0.2, -0.15) is 5.26 Å². The summed E-state index contributed by atoms with van der Waals surface area (Å²) in [6.07, 6.45) is 1.99. The van der Waals surface area contributed by atoms with Crippen molar-refractivity contribution in [2.45, 2.75) is 26.2 Å². The number of amides is 1. The summed E-state index contributed by atoms with van der Waals surface area (Å²) >= 11 is 0. The molecule has 0 aliphatic carbocycles. The van der Waals surface area contributed by atoms with E-state index in [0.717, 1.165) is 26.1 Å². The lowest BCUT2D eigenvalue weighted by Crippen LogP contribution is -2.27. The largest absolute Gasteiger partial charge is 0.359 e. The minimum absolute atomic E-state index is 0.0846. The zero-order chi connectivity index (χ0) is 10.8. The van der Waals surface area contributed by atoms with E-state index >= 15 is 0 Å². The molecular weight excluding hydrogens is 178 g/mol. The van der Waals surface area contributed by atoms with Crippen LogP contribution in [0.15, 0.2) is 0 Å². The van der Waals surface area contributed by atoms with Crippen molar-refractivity contribution in [1.82, 2.24) is 10.2 Å². The second kappa shape index (κ2) is 8.52. The molecule has 80 valence electrons. The Kier molecular flexibility index (Phi) is 7.86. The summed E-state index contributed by atoms with van der Waals surface area (Å²) in [6.45, 7) is 4.71. The molecule has 0 aromatic rings. The number of carbonyl (C=O) groups is 1. The van der Waals surface area contributed by atoms with Crippen LogP contribution < -0.4 is 5.32 Å². The third kappa shape index (κ3) is 6.44. The van der Waals surface area contributed by atoms with Crippen molar-refractivity contribution in [3.05, 3.63) is 0 Å². The fraction of sp³-hybridized carbons (Fsp3) is 0.800. The van der Waals surface area contributed by atoms with Gasteiger partial charge in [0.15, 0.2) is 0 Å². The Balaban J connectivity index is 3.52. The van der Waals surface area contributed by atoms with E-state index in [2.05, 4.69) is 23.2 Å². The lowest BCUT2D eigenvalue weighted by Gasteiger charge is -2.18. The maximum absolute atomic E-state index is 10.9. The highest BCUT2D eigenvalue weighted by Crippen LogP contribution is 1.96. The minimum atomic E-state index is 0.0846. The molecule has 0 aliphatic heterocycles. The Bertz CT molecular complexity index is 198. The summed E-state index contributed by atoms with van der Waals surface area (Å²) in [4.78, 5) is 13.1. The second-order valence-electron chi connectivity index (χ2n) is 3.12. The maximum atomic E-state index is 10.9. The molecule has 0 saturated heterocycles. The quantitative estimate of drug-likeness (QED) is 0.655. The average molecular weight is 197 g/mol. The van der Waals surface area contributed by atoms with Gasteiger partial charge in [0.2, 0.25) is 5.91 Å². The van der Waals surface area contributed by atoms with Gasteiger partial charge < -0.3 is 10.2 Å². The lowest BCUT2D eigenvalue weighted by atomic mass is 10.2. The smallest absolute Gasteiger partial charge is 0.219 e. The third-order valence-corrected chi connectivity index (χ3v) is 2.14. The van der Waals surface area contributed by atoms with Crippen LogP contribution in [0, 0.1) is 11.3 Å². The predicted molar refractivity (Wildman–Crippen MR) is 55.6 cm³/mol. The molecule has 0 radical (unpaired) electrons. The van der Waals surface area contributed by atoms with Gasteiger partial charge in [0.1, 0.15) is 0 Å². The van der Waals surface area contributed by atoms with Gasteiger partial charge in [0, 0.05) is 26.4 Å². The van der Waals surface area contributed by atoms with Gasteiger partial charge in [-0.05, 0) is 19.5 Å². The number of nitriles is 1. The molecule has 0 rings (SSSR count). The number of rotatable bonds is 7. The van der Waals surface area contributed by atoms with Crippen LogP contribution >= 0.6 is 0 Å². The van der Waals surface area contributed by atoms with E-state index in [1.54, 1.807) is 7.05 Å². The van der Waals surface area contributed by atoms with Gasteiger partial charge in [-0.25, -0.2) is 0 Å². The lowest BCUT2D eigenvalue weighted by molar-refractivity contribution is -0.120. The Labute approximate surface area is 85.9 Å². The highest BCUT2D eigenvalue weighted by molar-refractivity contribution is 5.75. The predicted octanol–water partition coefficient (Wildman–Crippen LogP) is 0.748. The molecular formula is C10H19N3O. The molecule has 0 spiro atoms. The summed E-state index contributed by atoms with van der Waals surface area (Å²) in [5.74, 6) is 0.0846. The van der Waals surface area contributed by atoms with E-state index in [1.165, 1.54) is 0 Å². The van der Waals surface area contributed by atoms with E-state index in [9.17, 15) is 4.79 Å². The summed E-state index contributed by atoms with van der Waals surface area (Å²) in [6, 6.07) is 2.12. The van der Waals surface area contributed by atoms with Crippen molar-refractivity contribution >= 4 is 5.91 Å². The first kappa shape index (κ1) is 12.9. The fourth-order valence-electron chi connectivity index (χ4n) is 1.22. The average Bonchev–Trinajstić information content (AvgIpc) is 2.22. The topological polar surface area (TPSA) is 56.1 Å². The van der Waals surface area contributed by atoms with Crippen LogP contribution in [0.25, 0.3) is 0 Å². The van der Waals surface area contributed by atoms with Gasteiger partial charge in [0.25, 0.3) is 0 Å². The van der Waals surface area contributed by atoms with E-state index in [1.807, 2.05) is 0 Å². The van der Waals surface area contributed by atoms with E-state index in [4.69, 9.17) is 5.26 Å². The molecule has 0 bridgehead atoms. The second-order valence-corrected chi connectivity index (χ2v) is 3.12. The number of nitrogens with zero attached hydrogens (tertiary/aromatic N) is 2. The molecule has 4 nitrogen and oxygen atoms in total. The monoisotopic (exact) mass is 197 g/mol. The molecule has 1 amide bonds. The van der Waals surface area contributed by atoms with Gasteiger partial charge in [-0.1, -0.05) is 6.92 Å². The maximum Gasteiger partial charge on any atom is 0.219 e. The van der Waals surface area contributed by atoms with E-state index in [-0.39, 0.29) is 5.91 Å². The molecule has 0 aromatic carbocycles. The molecule has 4 heteroatoms. The van der Waals surface area contributed by atoms with Crippen LogP contribution in [0.3, 0.4) is 0 Å². The molecule has 0 unspecified atom stereocenters. The number of nitrogens with one attached hydrogen (secondary N) is 1. The van der Waals surface area contributed by atoms with Crippen LogP contribution in [0.4, 0.5) is 0 Å². The zero-order valence-corrected chi connectivity index (χ0v) is 9.05. The SMILES string of the molecule is CCN(CCC#N)CCCC(=O)NC. The van der Waals surface area contributed by atoms with Crippen LogP contribution in [0.5, 0.6) is 0 Å². The molecule has 1 N–H and O–H groups in total. The molecule has 14 heavy (non-hydrogen) atoms. The standard InChI is InChI=1S/C10H19N3O/c1-3-13(9-5-7-11)8-4-6-10(14)12-2/h3-6,8-9H2,1-2H3,(H,12,14). The van der Waals surface area contributed by atoms with Gasteiger partial charge >= 0.3 is 0 Å². The Hall–Kier alpha value is -1.08. The molecule has 0 atom stereocenters. The van der Waals surface area contributed by atoms with Crippen molar-refractivity contribution in [2.24, 2.45) is 0 Å². The molecule has 0 fully saturated rings. The summed E-state index contributed by atoms with van der Waals surface area (Å²) < 4.78 is 0. The summed E-state index contributed by atoms with van der Waals surface area (Å²) in [7, 11) is 1.65. The van der Waals surface area contributed by atoms with Crippen molar-refractivity contribution in [3.8, 4) is 6.07 Å². The van der Waals surface area contributed by atoms with E-state index in [0.29, 0.717) is 12.8 Å². The number of hydrogen-bond acceptors (Lipinski definition) is 3. The van der Waals surface area contributed by atoms with Crippen molar-refractivity contribution in [2.75, 3.05) is 26.7 Å². The molecule has 0 heterocycles. The highest BCUT2D eigenvalue weighted by atomic mass is 16.1. The first-order chi connectivity index (χ1) is 6.74. The Morgan fingerprint density at radius 3 is 2.71 bits per heavy atom. The first-order valence-corrected chi connectivity index (χ1v) is 5.04. The Morgan fingerprint density at radius 2 is 2.21 bits per heavy atom. The molecule has 0 aromatic heterocycles. The van der Waals surface area contributed by atoms with Crippen molar-refractivity contribution in [3.63, 3.8) is 0 Å². The fourth-order valence-corrected chi connectivity index (χ4v) is 1.22. The Morgan fingerprint density at radius 1 is 1.50 bits per heavy atom. The van der Waals surface area contributed by atoms with Crippen molar-refractivity contribution in [1.29, 1.82) is 5.26 Å². The van der Waals surface area contributed by atoms with Crippen LogP contribution in [-0.4, -0.2) is 37.5 Å². The first-order valence-electron chi connectivity index (χ1n) is 5.04. The third-order valence-electron chi connectivity index (χ3n) is 2.14. The van der Waals surface area contributed by atoms with Crippen LogP contribution in [0.2, 0.25) is 0 Å². The highest BCUT2D eigenvalue weighted by Gasteiger charge is 2.03. The van der Waals surface area contributed by atoms with Gasteiger partial charge in [0.05, 0.1) is 6.07 Å². The zero-order valence-electron chi connectivity index (χ0n) is 9.05.